The van der Waals surface area contributed by atoms with Crippen LogP contribution in [0.3, 0.4) is 0 Å². The van der Waals surface area contributed by atoms with Crippen LogP contribution in [0.15, 0.2) is 4.99 Å². The first-order valence-corrected chi connectivity index (χ1v) is 5.26. The summed E-state index contributed by atoms with van der Waals surface area (Å²) in [4.78, 5) is 3.85. The highest BCUT2D eigenvalue weighted by Gasteiger charge is 2.28. The van der Waals surface area contributed by atoms with Gasteiger partial charge in [0.1, 0.15) is 18.3 Å². The second kappa shape index (κ2) is 7.76. The molecule has 0 spiro atoms. The molecule has 0 bridgehead atoms. The van der Waals surface area contributed by atoms with Gasteiger partial charge in [-0.05, 0) is 12.8 Å². The zero-order valence-electron chi connectivity index (χ0n) is 9.24. The lowest BCUT2D eigenvalue weighted by Gasteiger charge is -2.23. The molecule has 4 atom stereocenters. The molecule has 0 heterocycles. The van der Waals surface area contributed by atoms with Crippen LogP contribution in [-0.4, -0.2) is 57.6 Å². The van der Waals surface area contributed by atoms with Crippen LogP contribution in [0.4, 0.5) is 0 Å². The van der Waals surface area contributed by atoms with Gasteiger partial charge in [-0.3, -0.25) is 4.99 Å². The van der Waals surface area contributed by atoms with Crippen LogP contribution in [0.1, 0.15) is 26.7 Å². The smallest absolute Gasteiger partial charge is 0.117 e. The number of hydrogen-bond donors (Lipinski definition) is 4. The highest BCUT2D eigenvalue weighted by molar-refractivity contribution is 5.63. The molecule has 15 heavy (non-hydrogen) atoms. The van der Waals surface area contributed by atoms with Crippen molar-refractivity contribution in [2.75, 3.05) is 6.54 Å². The predicted molar refractivity (Wildman–Crippen MR) is 58.0 cm³/mol. The van der Waals surface area contributed by atoms with Crippen molar-refractivity contribution in [3.05, 3.63) is 0 Å². The number of hydrogen-bond acceptors (Lipinski definition) is 5. The van der Waals surface area contributed by atoms with Crippen molar-refractivity contribution in [2.24, 2.45) is 4.99 Å². The third-order valence-electron chi connectivity index (χ3n) is 2.12. The second-order valence-corrected chi connectivity index (χ2v) is 3.50. The van der Waals surface area contributed by atoms with Crippen molar-refractivity contribution >= 4 is 6.21 Å². The van der Waals surface area contributed by atoms with Gasteiger partial charge in [0, 0.05) is 12.8 Å². The van der Waals surface area contributed by atoms with Crippen LogP contribution in [0.5, 0.6) is 0 Å². The molecule has 0 aliphatic heterocycles. The summed E-state index contributed by atoms with van der Waals surface area (Å²) in [6.45, 7) is 4.18. The zero-order chi connectivity index (χ0) is 11.8. The number of rotatable bonds is 7. The molecular formula is C10H21NO4. The van der Waals surface area contributed by atoms with E-state index in [0.29, 0.717) is 13.0 Å². The van der Waals surface area contributed by atoms with Crippen molar-refractivity contribution in [3.63, 3.8) is 0 Å². The van der Waals surface area contributed by atoms with Gasteiger partial charge < -0.3 is 20.4 Å². The minimum absolute atomic E-state index is 0.317. The van der Waals surface area contributed by atoms with Gasteiger partial charge >= 0.3 is 0 Å². The molecule has 0 aliphatic rings. The van der Waals surface area contributed by atoms with Crippen molar-refractivity contribution < 1.29 is 20.4 Å². The van der Waals surface area contributed by atoms with Crippen LogP contribution in [0.2, 0.25) is 0 Å². The normalized spacial score (nSPS) is 20.1. The Balaban J connectivity index is 4.12. The Bertz CT molecular complexity index is 186. The van der Waals surface area contributed by atoms with Crippen molar-refractivity contribution in [1.82, 2.24) is 0 Å². The molecular weight excluding hydrogens is 198 g/mol. The Morgan fingerprint density at radius 2 is 1.67 bits per heavy atom. The molecule has 5 heteroatoms. The standard InChI is InChI=1S/C10H21NO4/c1-3-5-11-6-8(13)10(15)9(14)7(12)4-2/h6-10,12-15H,3-5H2,1-2H3/b11-6+/t7?,8?,9-,10+/m1/s1. The van der Waals surface area contributed by atoms with E-state index in [9.17, 15) is 20.4 Å². The zero-order valence-corrected chi connectivity index (χ0v) is 9.24. The topological polar surface area (TPSA) is 93.3 Å². The molecule has 4 N–H and O–H groups in total. The average Bonchev–Trinajstić information content (AvgIpc) is 2.26. The molecule has 2 unspecified atom stereocenters. The predicted octanol–water partition coefficient (Wildman–Crippen LogP) is -0.679. The number of aliphatic hydroxyl groups excluding tert-OH is 4. The molecule has 0 aromatic heterocycles. The Morgan fingerprint density at radius 1 is 1.07 bits per heavy atom. The second-order valence-electron chi connectivity index (χ2n) is 3.50. The van der Waals surface area contributed by atoms with Crippen molar-refractivity contribution in [3.8, 4) is 0 Å². The van der Waals surface area contributed by atoms with Gasteiger partial charge in [0.15, 0.2) is 0 Å². The van der Waals surface area contributed by atoms with Crippen LogP contribution >= 0.6 is 0 Å². The van der Waals surface area contributed by atoms with Gasteiger partial charge in [0.2, 0.25) is 0 Å². The van der Waals surface area contributed by atoms with E-state index in [2.05, 4.69) is 4.99 Å². The Hall–Kier alpha value is -0.490. The molecule has 5 nitrogen and oxygen atoms in total. The van der Waals surface area contributed by atoms with Gasteiger partial charge in [-0.2, -0.15) is 0 Å². The van der Waals surface area contributed by atoms with E-state index in [1.165, 1.54) is 6.21 Å². The molecule has 90 valence electrons. The fourth-order valence-electron chi connectivity index (χ4n) is 1.07. The van der Waals surface area contributed by atoms with Gasteiger partial charge in [-0.25, -0.2) is 0 Å². The number of aliphatic imine (C=N–C) groups is 1. The van der Waals surface area contributed by atoms with Crippen molar-refractivity contribution in [1.29, 1.82) is 0 Å². The minimum Gasteiger partial charge on any atom is -0.390 e. The summed E-state index contributed by atoms with van der Waals surface area (Å²) in [6, 6.07) is 0. The first kappa shape index (κ1) is 14.5. The maximum atomic E-state index is 9.44. The molecule has 0 aromatic rings. The summed E-state index contributed by atoms with van der Waals surface area (Å²) in [5.74, 6) is 0. The molecule has 0 saturated carbocycles. The summed E-state index contributed by atoms with van der Waals surface area (Å²) >= 11 is 0. The molecule has 0 aliphatic carbocycles. The lowest BCUT2D eigenvalue weighted by atomic mass is 10.0. The van der Waals surface area contributed by atoms with Crippen LogP contribution in [0, 0.1) is 0 Å². The molecule has 0 aromatic carbocycles. The maximum Gasteiger partial charge on any atom is 0.117 e. The van der Waals surface area contributed by atoms with Gasteiger partial charge in [0.25, 0.3) is 0 Å². The highest BCUT2D eigenvalue weighted by atomic mass is 16.4. The largest absolute Gasteiger partial charge is 0.390 e. The molecule has 0 radical (unpaired) electrons. The van der Waals surface area contributed by atoms with E-state index in [-0.39, 0.29) is 0 Å². The highest BCUT2D eigenvalue weighted by Crippen LogP contribution is 2.06. The van der Waals surface area contributed by atoms with Crippen LogP contribution < -0.4 is 0 Å². The summed E-state index contributed by atoms with van der Waals surface area (Å²) in [6.07, 6.45) is -2.67. The lowest BCUT2D eigenvalue weighted by Crippen LogP contribution is -2.44. The fourth-order valence-corrected chi connectivity index (χ4v) is 1.07. The van der Waals surface area contributed by atoms with E-state index in [0.717, 1.165) is 6.42 Å². The van der Waals surface area contributed by atoms with E-state index >= 15 is 0 Å². The number of nitrogens with zero attached hydrogens (tertiary/aromatic N) is 1. The van der Waals surface area contributed by atoms with E-state index in [1.54, 1.807) is 6.92 Å². The molecule has 0 amide bonds. The summed E-state index contributed by atoms with van der Waals surface area (Å²) < 4.78 is 0. The molecule has 0 rings (SSSR count). The maximum absolute atomic E-state index is 9.44. The fraction of sp³-hybridized carbons (Fsp3) is 0.900. The van der Waals surface area contributed by atoms with Gasteiger partial charge in [-0.1, -0.05) is 13.8 Å². The van der Waals surface area contributed by atoms with E-state index < -0.39 is 24.4 Å². The van der Waals surface area contributed by atoms with Gasteiger partial charge in [0.05, 0.1) is 6.10 Å². The first-order chi connectivity index (χ1) is 7.04. The van der Waals surface area contributed by atoms with Crippen LogP contribution in [-0.2, 0) is 0 Å². The Kier molecular flexibility index (Phi) is 7.50. The summed E-state index contributed by atoms with van der Waals surface area (Å²) in [5.41, 5.74) is 0. The summed E-state index contributed by atoms with van der Waals surface area (Å²) in [5, 5.41) is 37.5. The molecule has 0 fully saturated rings. The minimum atomic E-state index is -1.40. The van der Waals surface area contributed by atoms with E-state index in [1.807, 2.05) is 6.92 Å². The Labute approximate surface area is 90.1 Å². The van der Waals surface area contributed by atoms with Gasteiger partial charge in [-0.15, -0.1) is 0 Å². The van der Waals surface area contributed by atoms with Crippen LogP contribution in [0.25, 0.3) is 0 Å². The quantitative estimate of drug-likeness (QED) is 0.427. The SMILES string of the molecule is CCC/N=C/C(O)[C@H](O)[C@H](O)C(O)CC. The average molecular weight is 219 g/mol. The number of aliphatic hydroxyl groups is 4. The lowest BCUT2D eigenvalue weighted by molar-refractivity contribution is -0.0882. The van der Waals surface area contributed by atoms with Crippen molar-refractivity contribution in [2.45, 2.75) is 51.1 Å². The first-order valence-electron chi connectivity index (χ1n) is 5.26. The summed E-state index contributed by atoms with van der Waals surface area (Å²) in [7, 11) is 0. The van der Waals surface area contributed by atoms with E-state index in [4.69, 9.17) is 0 Å². The third-order valence-corrected chi connectivity index (χ3v) is 2.12. The third kappa shape index (κ3) is 5.22. The molecule has 0 saturated heterocycles. The Morgan fingerprint density at radius 3 is 2.13 bits per heavy atom. The monoisotopic (exact) mass is 219 g/mol.